The smallest absolute Gasteiger partial charge is 0.253 e. The van der Waals surface area contributed by atoms with Crippen molar-refractivity contribution >= 4 is 17.7 Å². The molecule has 2 saturated heterocycles. The Morgan fingerprint density at radius 2 is 1.57 bits per heavy atom. The average Bonchev–Trinajstić information content (AvgIpc) is 2.80. The van der Waals surface area contributed by atoms with Crippen molar-refractivity contribution in [2.24, 2.45) is 17.3 Å². The monoisotopic (exact) mass is 484 g/mol. The summed E-state index contributed by atoms with van der Waals surface area (Å²) >= 11 is 0. The summed E-state index contributed by atoms with van der Waals surface area (Å²) in [5.41, 5.74) is 2.87. The van der Waals surface area contributed by atoms with Crippen LogP contribution >= 0.6 is 0 Å². The van der Waals surface area contributed by atoms with Gasteiger partial charge in [-0.3, -0.25) is 14.4 Å². The van der Waals surface area contributed by atoms with Crippen molar-refractivity contribution in [3.05, 3.63) is 34.9 Å². The predicted molar refractivity (Wildman–Crippen MR) is 139 cm³/mol. The molecule has 3 rings (SSSR count). The van der Waals surface area contributed by atoms with Crippen molar-refractivity contribution in [1.82, 2.24) is 20.0 Å². The zero-order valence-electron chi connectivity index (χ0n) is 22.5. The molecule has 0 saturated carbocycles. The first-order valence-corrected chi connectivity index (χ1v) is 13.0. The summed E-state index contributed by atoms with van der Waals surface area (Å²) in [6.07, 6.45) is 3.05. The van der Waals surface area contributed by atoms with E-state index >= 15 is 0 Å². The molecule has 3 amide bonds. The summed E-state index contributed by atoms with van der Waals surface area (Å²) in [5, 5.41) is 3.13. The quantitative estimate of drug-likeness (QED) is 0.646. The molecule has 35 heavy (non-hydrogen) atoms. The normalized spacial score (nSPS) is 19.7. The molecular weight excluding hydrogens is 440 g/mol. The van der Waals surface area contributed by atoms with E-state index in [2.05, 4.69) is 30.1 Å². The van der Waals surface area contributed by atoms with Gasteiger partial charge in [0.25, 0.3) is 5.91 Å². The summed E-state index contributed by atoms with van der Waals surface area (Å²) in [6.45, 7) is 12.3. The Labute approximate surface area is 211 Å². The maximum atomic E-state index is 13.3. The van der Waals surface area contributed by atoms with E-state index in [-0.39, 0.29) is 35.0 Å². The van der Waals surface area contributed by atoms with Crippen LogP contribution in [0, 0.1) is 31.1 Å². The van der Waals surface area contributed by atoms with E-state index in [1.165, 1.54) is 0 Å². The molecule has 194 valence electrons. The number of carbonyl (C=O) groups excluding carboxylic acids is 3. The molecule has 1 N–H and O–H groups in total. The highest BCUT2D eigenvalue weighted by Gasteiger charge is 2.34. The molecule has 0 radical (unpaired) electrons. The van der Waals surface area contributed by atoms with Crippen LogP contribution in [0.5, 0.6) is 0 Å². The van der Waals surface area contributed by atoms with Gasteiger partial charge < -0.3 is 20.0 Å². The number of rotatable bonds is 7. The third-order valence-electron chi connectivity index (χ3n) is 7.19. The molecule has 1 aromatic rings. The second-order valence-corrected chi connectivity index (χ2v) is 11.7. The number of aryl methyl sites for hydroxylation is 2. The lowest BCUT2D eigenvalue weighted by molar-refractivity contribution is -0.140. The van der Waals surface area contributed by atoms with Gasteiger partial charge in [-0.25, -0.2) is 0 Å². The van der Waals surface area contributed by atoms with Gasteiger partial charge in [0.15, 0.2) is 0 Å². The Morgan fingerprint density at radius 3 is 2.17 bits per heavy atom. The molecule has 2 aliphatic rings. The SMILES string of the molecule is Cc1cc(C)cc(C(=O)N2CCCC(C(=O)N3CCC(C(=O)NCC(C)(C)CN(C)C)CC3)C2)c1. The second kappa shape index (κ2) is 11.5. The van der Waals surface area contributed by atoms with Crippen LogP contribution in [0.3, 0.4) is 0 Å². The Bertz CT molecular complexity index is 899. The minimum atomic E-state index is -0.157. The third kappa shape index (κ3) is 7.53. The molecule has 2 heterocycles. The van der Waals surface area contributed by atoms with Crippen LogP contribution in [0.4, 0.5) is 0 Å². The maximum Gasteiger partial charge on any atom is 0.253 e. The Morgan fingerprint density at radius 1 is 0.943 bits per heavy atom. The van der Waals surface area contributed by atoms with Crippen LogP contribution in [0.25, 0.3) is 0 Å². The standard InChI is InChI=1S/C28H44N4O3/c1-20-14-21(2)16-24(15-20)27(35)32-11-7-8-23(17-32)26(34)31-12-9-22(10-13-31)25(33)29-18-28(3,4)19-30(5)6/h14-16,22-23H,7-13,17-19H2,1-6H3,(H,29,33). The van der Waals surface area contributed by atoms with Gasteiger partial charge in [-0.05, 0) is 71.2 Å². The Balaban J connectivity index is 1.50. The molecule has 0 aromatic heterocycles. The number of benzene rings is 1. The topological polar surface area (TPSA) is 73.0 Å². The van der Waals surface area contributed by atoms with E-state index in [0.29, 0.717) is 51.1 Å². The number of nitrogens with one attached hydrogen (secondary N) is 1. The van der Waals surface area contributed by atoms with Gasteiger partial charge in [0.05, 0.1) is 5.92 Å². The van der Waals surface area contributed by atoms with Crippen LogP contribution in [0.2, 0.25) is 0 Å². The van der Waals surface area contributed by atoms with Crippen molar-refractivity contribution in [1.29, 1.82) is 0 Å². The number of likely N-dealkylation sites (tertiary alicyclic amines) is 2. The maximum absolute atomic E-state index is 13.3. The van der Waals surface area contributed by atoms with Crippen molar-refractivity contribution in [2.45, 2.75) is 53.4 Å². The van der Waals surface area contributed by atoms with Crippen LogP contribution < -0.4 is 5.32 Å². The molecule has 0 aliphatic carbocycles. The lowest BCUT2D eigenvalue weighted by Crippen LogP contribution is -2.50. The van der Waals surface area contributed by atoms with Crippen molar-refractivity contribution < 1.29 is 14.4 Å². The molecule has 2 aliphatic heterocycles. The number of carbonyl (C=O) groups is 3. The van der Waals surface area contributed by atoms with Crippen LogP contribution in [-0.4, -0.2) is 85.8 Å². The second-order valence-electron chi connectivity index (χ2n) is 11.7. The first-order chi connectivity index (χ1) is 16.4. The predicted octanol–water partition coefficient (Wildman–Crippen LogP) is 3.10. The van der Waals surface area contributed by atoms with Gasteiger partial charge in [-0.2, -0.15) is 0 Å². The van der Waals surface area contributed by atoms with E-state index in [1.807, 2.05) is 49.9 Å². The summed E-state index contributed by atoms with van der Waals surface area (Å²) in [6, 6.07) is 5.92. The number of hydrogen-bond donors (Lipinski definition) is 1. The van der Waals surface area contributed by atoms with Gasteiger partial charge in [-0.1, -0.05) is 31.0 Å². The zero-order valence-corrected chi connectivity index (χ0v) is 22.5. The van der Waals surface area contributed by atoms with Crippen LogP contribution in [0.1, 0.15) is 61.0 Å². The lowest BCUT2D eigenvalue weighted by Gasteiger charge is -2.38. The fraction of sp³-hybridized carbons (Fsp3) is 0.679. The van der Waals surface area contributed by atoms with E-state index < -0.39 is 0 Å². The first kappa shape index (κ1) is 27.2. The van der Waals surface area contributed by atoms with E-state index in [9.17, 15) is 14.4 Å². The number of hydrogen-bond acceptors (Lipinski definition) is 4. The van der Waals surface area contributed by atoms with Crippen molar-refractivity contribution in [2.75, 3.05) is 53.4 Å². The van der Waals surface area contributed by atoms with Crippen molar-refractivity contribution in [3.63, 3.8) is 0 Å². The number of nitrogens with zero attached hydrogens (tertiary/aromatic N) is 3. The molecule has 2 fully saturated rings. The molecule has 1 unspecified atom stereocenters. The summed E-state index contributed by atoms with van der Waals surface area (Å²) in [4.78, 5) is 45.0. The molecule has 7 heteroatoms. The molecule has 1 aromatic carbocycles. The molecule has 7 nitrogen and oxygen atoms in total. The van der Waals surface area contributed by atoms with E-state index in [1.54, 1.807) is 0 Å². The highest BCUT2D eigenvalue weighted by Crippen LogP contribution is 2.25. The highest BCUT2D eigenvalue weighted by atomic mass is 16.2. The minimum Gasteiger partial charge on any atom is -0.355 e. The van der Waals surface area contributed by atoms with E-state index in [4.69, 9.17) is 0 Å². The fourth-order valence-electron chi connectivity index (χ4n) is 5.65. The molecular formula is C28H44N4O3. The van der Waals surface area contributed by atoms with Gasteiger partial charge in [-0.15, -0.1) is 0 Å². The van der Waals surface area contributed by atoms with Gasteiger partial charge >= 0.3 is 0 Å². The van der Waals surface area contributed by atoms with Crippen LogP contribution in [-0.2, 0) is 9.59 Å². The van der Waals surface area contributed by atoms with Crippen molar-refractivity contribution in [3.8, 4) is 0 Å². The fourth-order valence-corrected chi connectivity index (χ4v) is 5.65. The summed E-state index contributed by atoms with van der Waals surface area (Å²) in [7, 11) is 4.09. The van der Waals surface area contributed by atoms with Gasteiger partial charge in [0.2, 0.25) is 11.8 Å². The van der Waals surface area contributed by atoms with Crippen LogP contribution in [0.15, 0.2) is 18.2 Å². The lowest BCUT2D eigenvalue weighted by atomic mass is 9.90. The first-order valence-electron chi connectivity index (χ1n) is 13.0. The highest BCUT2D eigenvalue weighted by molar-refractivity contribution is 5.95. The van der Waals surface area contributed by atoms with Gasteiger partial charge in [0, 0.05) is 50.7 Å². The molecule has 0 bridgehead atoms. The molecule has 1 atom stereocenters. The van der Waals surface area contributed by atoms with E-state index in [0.717, 1.165) is 30.5 Å². The molecule has 0 spiro atoms. The average molecular weight is 485 g/mol. The zero-order chi connectivity index (χ0) is 25.8. The third-order valence-corrected chi connectivity index (χ3v) is 7.19. The van der Waals surface area contributed by atoms with Gasteiger partial charge in [0.1, 0.15) is 0 Å². The number of piperidine rings is 2. The Kier molecular flexibility index (Phi) is 8.97. The minimum absolute atomic E-state index is 0.0112. The summed E-state index contributed by atoms with van der Waals surface area (Å²) in [5.74, 6) is 0.0570. The largest absolute Gasteiger partial charge is 0.355 e. The number of amides is 3. The Hall–Kier alpha value is -2.41. The summed E-state index contributed by atoms with van der Waals surface area (Å²) < 4.78 is 0.